The Balaban J connectivity index is 2.72. The van der Waals surface area contributed by atoms with Gasteiger partial charge in [-0.15, -0.1) is 0 Å². The Kier molecular flexibility index (Phi) is 5.66. The molecule has 8 heteroatoms. The Morgan fingerprint density at radius 2 is 1.72 bits per heavy atom. The molecule has 1 atom stereocenters. The number of carbonyl (C=O) groups is 1. The molecular formula is C17H17Cl2NO4S. The zero-order chi connectivity index (χ0) is 18.9. The van der Waals surface area contributed by atoms with E-state index in [4.69, 9.17) is 23.2 Å². The maximum Gasteiger partial charge on any atom is 0.327 e. The van der Waals surface area contributed by atoms with Gasteiger partial charge in [0.15, 0.2) is 0 Å². The molecule has 0 saturated carbocycles. The average molecular weight is 402 g/mol. The third-order valence-corrected chi connectivity index (χ3v) is 6.38. The number of aliphatic carboxylic acids is 1. The minimum absolute atomic E-state index is 0.0756. The molecule has 0 heterocycles. The van der Waals surface area contributed by atoms with E-state index in [1.807, 2.05) is 6.07 Å². The van der Waals surface area contributed by atoms with Gasteiger partial charge in [0.2, 0.25) is 0 Å². The van der Waals surface area contributed by atoms with Crippen molar-refractivity contribution in [2.24, 2.45) is 0 Å². The van der Waals surface area contributed by atoms with Crippen LogP contribution in [0.5, 0.6) is 0 Å². The fourth-order valence-corrected chi connectivity index (χ4v) is 4.41. The van der Waals surface area contributed by atoms with E-state index in [1.54, 1.807) is 26.0 Å². The lowest BCUT2D eigenvalue weighted by molar-refractivity contribution is -0.137. The van der Waals surface area contributed by atoms with Crippen LogP contribution in [0.2, 0.25) is 10.0 Å². The minimum atomic E-state index is -4.17. The number of sulfonamides is 1. The van der Waals surface area contributed by atoms with Crippen LogP contribution in [0, 0.1) is 13.8 Å². The molecule has 1 N–H and O–H groups in total. The van der Waals surface area contributed by atoms with Crippen LogP contribution in [0.4, 0.5) is 5.69 Å². The lowest BCUT2D eigenvalue weighted by atomic mass is 10.1. The summed E-state index contributed by atoms with van der Waals surface area (Å²) in [5, 5.41) is 9.72. The fraction of sp³-hybridized carbons (Fsp3) is 0.235. The van der Waals surface area contributed by atoms with Crippen LogP contribution in [0.3, 0.4) is 0 Å². The van der Waals surface area contributed by atoms with Crippen molar-refractivity contribution >= 4 is 44.9 Å². The van der Waals surface area contributed by atoms with E-state index >= 15 is 0 Å². The summed E-state index contributed by atoms with van der Waals surface area (Å²) in [7, 11) is -4.17. The summed E-state index contributed by atoms with van der Waals surface area (Å²) < 4.78 is 27.2. The quantitative estimate of drug-likeness (QED) is 0.810. The molecule has 0 spiro atoms. The van der Waals surface area contributed by atoms with Gasteiger partial charge in [-0.05, 0) is 56.2 Å². The molecule has 25 heavy (non-hydrogen) atoms. The fourth-order valence-electron chi connectivity index (χ4n) is 2.35. The Bertz CT molecular complexity index is 928. The van der Waals surface area contributed by atoms with Crippen molar-refractivity contribution < 1.29 is 18.3 Å². The van der Waals surface area contributed by atoms with Crippen molar-refractivity contribution in [1.29, 1.82) is 0 Å². The first-order chi connectivity index (χ1) is 11.6. The smallest absolute Gasteiger partial charge is 0.327 e. The number of carboxylic acids is 1. The molecule has 0 radical (unpaired) electrons. The molecule has 2 aromatic rings. The van der Waals surface area contributed by atoms with Crippen LogP contribution in [0.1, 0.15) is 18.1 Å². The van der Waals surface area contributed by atoms with Gasteiger partial charge in [-0.1, -0.05) is 35.3 Å². The second kappa shape index (κ2) is 7.23. The van der Waals surface area contributed by atoms with Gasteiger partial charge in [0.05, 0.1) is 20.6 Å². The van der Waals surface area contributed by atoms with E-state index in [0.717, 1.165) is 9.87 Å². The monoisotopic (exact) mass is 401 g/mol. The van der Waals surface area contributed by atoms with Gasteiger partial charge < -0.3 is 5.11 Å². The summed E-state index contributed by atoms with van der Waals surface area (Å²) >= 11 is 11.8. The molecule has 134 valence electrons. The molecular weight excluding hydrogens is 385 g/mol. The van der Waals surface area contributed by atoms with E-state index in [1.165, 1.54) is 25.1 Å². The Morgan fingerprint density at radius 1 is 1.08 bits per heavy atom. The second-order valence-electron chi connectivity index (χ2n) is 5.68. The van der Waals surface area contributed by atoms with Crippen molar-refractivity contribution in [3.63, 3.8) is 0 Å². The molecule has 0 bridgehead atoms. The molecule has 0 fully saturated rings. The number of aryl methyl sites for hydroxylation is 2. The highest BCUT2D eigenvalue weighted by Crippen LogP contribution is 2.32. The molecule has 0 aromatic heterocycles. The van der Waals surface area contributed by atoms with Gasteiger partial charge in [-0.25, -0.2) is 13.2 Å². The maximum atomic E-state index is 13.2. The Labute approximate surface area is 156 Å². The van der Waals surface area contributed by atoms with Crippen LogP contribution in [-0.2, 0) is 14.8 Å². The van der Waals surface area contributed by atoms with Crippen molar-refractivity contribution in [1.82, 2.24) is 0 Å². The summed E-state index contributed by atoms with van der Waals surface area (Å²) in [6, 6.07) is 7.79. The number of nitrogens with zero attached hydrogens (tertiary/aromatic N) is 1. The lowest BCUT2D eigenvalue weighted by Gasteiger charge is -2.29. The normalized spacial score (nSPS) is 12.7. The van der Waals surface area contributed by atoms with Gasteiger partial charge in [0, 0.05) is 0 Å². The van der Waals surface area contributed by atoms with Crippen LogP contribution in [0.15, 0.2) is 41.3 Å². The topological polar surface area (TPSA) is 74.7 Å². The van der Waals surface area contributed by atoms with Gasteiger partial charge in [-0.3, -0.25) is 4.31 Å². The van der Waals surface area contributed by atoms with Gasteiger partial charge >= 0.3 is 5.97 Å². The summed E-state index contributed by atoms with van der Waals surface area (Å²) in [5.41, 5.74) is 1.76. The standard InChI is InChI=1S/C17H17Cl2NO4S/c1-10-4-5-11(2)16(8-10)20(12(3)17(21)22)25(23,24)13-6-7-14(18)15(19)9-13/h4-9,12H,1-3H3,(H,21,22). The van der Waals surface area contributed by atoms with Crippen LogP contribution in [-0.4, -0.2) is 25.5 Å². The zero-order valence-corrected chi connectivity index (χ0v) is 16.2. The molecule has 1 unspecified atom stereocenters. The summed E-state index contributed by atoms with van der Waals surface area (Å²) in [6.45, 7) is 4.85. The number of rotatable bonds is 5. The second-order valence-corrected chi connectivity index (χ2v) is 8.31. The number of hydrogen-bond donors (Lipinski definition) is 1. The molecule has 2 rings (SSSR count). The number of benzene rings is 2. The lowest BCUT2D eigenvalue weighted by Crippen LogP contribution is -2.43. The summed E-state index contributed by atoms with van der Waals surface area (Å²) in [6.07, 6.45) is 0. The minimum Gasteiger partial charge on any atom is -0.480 e. The highest BCUT2D eigenvalue weighted by molar-refractivity contribution is 7.93. The molecule has 0 aliphatic carbocycles. The molecule has 0 amide bonds. The molecule has 0 saturated heterocycles. The van der Waals surface area contributed by atoms with Crippen LogP contribution >= 0.6 is 23.2 Å². The van der Waals surface area contributed by atoms with E-state index in [2.05, 4.69) is 0 Å². The predicted octanol–water partition coefficient (Wildman–Crippen LogP) is 4.28. The predicted molar refractivity (Wildman–Crippen MR) is 99.1 cm³/mol. The van der Waals surface area contributed by atoms with Crippen molar-refractivity contribution in [2.45, 2.75) is 31.7 Å². The highest BCUT2D eigenvalue weighted by Gasteiger charge is 2.34. The number of carboxylic acid groups (broad SMARTS) is 1. The van der Waals surface area contributed by atoms with E-state index in [-0.39, 0.29) is 14.9 Å². The number of halogens is 2. The summed E-state index contributed by atoms with van der Waals surface area (Å²) in [4.78, 5) is 11.4. The van der Waals surface area contributed by atoms with E-state index in [9.17, 15) is 18.3 Å². The Hall–Kier alpha value is -1.76. The molecule has 0 aliphatic rings. The maximum absolute atomic E-state index is 13.2. The van der Waals surface area contributed by atoms with Crippen molar-refractivity contribution in [3.8, 4) is 0 Å². The van der Waals surface area contributed by atoms with Crippen LogP contribution in [0.25, 0.3) is 0 Å². The third-order valence-electron chi connectivity index (χ3n) is 3.76. The number of anilines is 1. The van der Waals surface area contributed by atoms with Crippen molar-refractivity contribution in [2.75, 3.05) is 4.31 Å². The van der Waals surface area contributed by atoms with Crippen molar-refractivity contribution in [3.05, 3.63) is 57.6 Å². The number of hydrogen-bond acceptors (Lipinski definition) is 3. The first-order valence-electron chi connectivity index (χ1n) is 7.35. The SMILES string of the molecule is Cc1ccc(C)c(N(C(C)C(=O)O)S(=O)(=O)c2ccc(Cl)c(Cl)c2)c1. The van der Waals surface area contributed by atoms with Crippen LogP contribution < -0.4 is 4.31 Å². The van der Waals surface area contributed by atoms with Gasteiger partial charge in [0.1, 0.15) is 6.04 Å². The first kappa shape index (κ1) is 19.6. The first-order valence-corrected chi connectivity index (χ1v) is 9.55. The third kappa shape index (κ3) is 3.92. The van der Waals surface area contributed by atoms with E-state index in [0.29, 0.717) is 11.3 Å². The van der Waals surface area contributed by atoms with Gasteiger partial charge in [-0.2, -0.15) is 0 Å². The zero-order valence-electron chi connectivity index (χ0n) is 13.8. The molecule has 2 aromatic carbocycles. The highest BCUT2D eigenvalue weighted by atomic mass is 35.5. The molecule has 5 nitrogen and oxygen atoms in total. The van der Waals surface area contributed by atoms with E-state index < -0.39 is 22.0 Å². The Morgan fingerprint density at radius 3 is 2.28 bits per heavy atom. The largest absolute Gasteiger partial charge is 0.480 e. The average Bonchev–Trinajstić information content (AvgIpc) is 2.53. The molecule has 0 aliphatic heterocycles. The summed E-state index contributed by atoms with van der Waals surface area (Å²) in [5.74, 6) is -1.26. The van der Waals surface area contributed by atoms with Gasteiger partial charge in [0.25, 0.3) is 10.0 Å².